The molecule has 0 aromatic carbocycles. The smallest absolute Gasteiger partial charge is 0.408 e. The van der Waals surface area contributed by atoms with Crippen molar-refractivity contribution in [2.45, 2.75) is 66.6 Å². The summed E-state index contributed by atoms with van der Waals surface area (Å²) in [6.45, 7) is 15.2. The van der Waals surface area contributed by atoms with Crippen LogP contribution < -0.4 is 0 Å². The lowest BCUT2D eigenvalue weighted by Crippen LogP contribution is -2.64. The van der Waals surface area contributed by atoms with Crippen LogP contribution in [0.15, 0.2) is 6.20 Å². The van der Waals surface area contributed by atoms with Gasteiger partial charge in [0.2, 0.25) is 5.91 Å². The van der Waals surface area contributed by atoms with Crippen molar-refractivity contribution in [1.82, 2.24) is 29.4 Å². The van der Waals surface area contributed by atoms with Gasteiger partial charge in [-0.25, -0.2) is 24.1 Å². The van der Waals surface area contributed by atoms with Crippen LogP contribution >= 0.6 is 0 Å². The van der Waals surface area contributed by atoms with E-state index in [1.54, 1.807) is 48.4 Å². The van der Waals surface area contributed by atoms with Crippen LogP contribution in [0.4, 0.5) is 9.59 Å². The molecule has 2 aliphatic rings. The first-order chi connectivity index (χ1) is 14.2. The van der Waals surface area contributed by atoms with Crippen molar-refractivity contribution in [3.05, 3.63) is 17.7 Å². The lowest BCUT2D eigenvalue weighted by Gasteiger charge is -2.47. The van der Waals surface area contributed by atoms with Gasteiger partial charge >= 0.3 is 12.1 Å². The predicted molar refractivity (Wildman–Crippen MR) is 114 cm³/mol. The molecular formula is C21H34N6O4. The van der Waals surface area contributed by atoms with Gasteiger partial charge in [-0.05, 0) is 33.1 Å². The first-order valence-electron chi connectivity index (χ1n) is 10.6. The molecule has 1 N–H and O–H groups in total. The fraction of sp³-hybridized carbons (Fsp3) is 0.714. The zero-order valence-corrected chi connectivity index (χ0v) is 19.5. The second-order valence-electron chi connectivity index (χ2n) is 10.3. The normalized spacial score (nSPS) is 18.9. The molecule has 0 spiro atoms. The summed E-state index contributed by atoms with van der Waals surface area (Å²) in [5, 5.41) is 13.5. The van der Waals surface area contributed by atoms with Gasteiger partial charge in [0, 0.05) is 31.7 Å². The molecule has 3 rings (SSSR count). The van der Waals surface area contributed by atoms with Crippen molar-refractivity contribution in [3.8, 4) is 0 Å². The molecule has 3 amide bonds. The minimum atomic E-state index is -1.10. The molecule has 10 heteroatoms. The van der Waals surface area contributed by atoms with Crippen LogP contribution in [0, 0.1) is 12.3 Å². The zero-order valence-electron chi connectivity index (χ0n) is 19.5. The van der Waals surface area contributed by atoms with Gasteiger partial charge in [0.15, 0.2) is 0 Å². The molecule has 172 valence electrons. The number of carbonyl (C=O) groups is 3. The number of aryl methyl sites for hydroxylation is 1. The Labute approximate surface area is 183 Å². The van der Waals surface area contributed by atoms with Gasteiger partial charge < -0.3 is 10.0 Å². The summed E-state index contributed by atoms with van der Waals surface area (Å²) in [4.78, 5) is 45.6. The average Bonchev–Trinajstić information content (AvgIpc) is 3.17. The Hall–Kier alpha value is -2.62. The molecule has 1 aromatic heterocycles. The number of rotatable bonds is 3. The maximum atomic E-state index is 13.5. The highest BCUT2D eigenvalue weighted by Gasteiger charge is 2.46. The highest BCUT2D eigenvalue weighted by atomic mass is 16.4. The van der Waals surface area contributed by atoms with Gasteiger partial charge in [-0.2, -0.15) is 0 Å². The van der Waals surface area contributed by atoms with Gasteiger partial charge in [-0.15, -0.1) is 0 Å². The summed E-state index contributed by atoms with van der Waals surface area (Å²) in [6, 6.07) is -0.929. The fourth-order valence-corrected chi connectivity index (χ4v) is 4.40. The Bertz CT molecular complexity index is 873. The monoisotopic (exact) mass is 434 g/mol. The Balaban J connectivity index is 1.72. The number of amides is 3. The Morgan fingerprint density at radius 1 is 1.10 bits per heavy atom. The lowest BCUT2D eigenvalue weighted by molar-refractivity contribution is -0.146. The maximum absolute atomic E-state index is 13.5. The van der Waals surface area contributed by atoms with Gasteiger partial charge in [-0.3, -0.25) is 14.7 Å². The van der Waals surface area contributed by atoms with Crippen LogP contribution in [0.5, 0.6) is 0 Å². The summed E-state index contributed by atoms with van der Waals surface area (Å²) >= 11 is 0. The highest BCUT2D eigenvalue weighted by Crippen LogP contribution is 2.32. The second-order valence-corrected chi connectivity index (χ2v) is 10.3. The minimum absolute atomic E-state index is 0.123. The van der Waals surface area contributed by atoms with Gasteiger partial charge in [-0.1, -0.05) is 20.8 Å². The molecule has 0 unspecified atom stereocenters. The van der Waals surface area contributed by atoms with E-state index >= 15 is 0 Å². The molecule has 10 nitrogen and oxygen atoms in total. The quantitative estimate of drug-likeness (QED) is 0.783. The SMILES string of the molecule is Cc1ncc2n1C(=O)N(N1CCN(C(=O)[C@H](N(C(=O)O)C(C)(C)C)C(C)(C)C)CC1)C2. The third kappa shape index (κ3) is 4.26. The molecule has 1 fully saturated rings. The van der Waals surface area contributed by atoms with E-state index in [2.05, 4.69) is 4.98 Å². The topological polar surface area (TPSA) is 102 Å². The third-order valence-electron chi connectivity index (χ3n) is 5.89. The van der Waals surface area contributed by atoms with Crippen LogP contribution in [0.2, 0.25) is 0 Å². The highest BCUT2D eigenvalue weighted by molar-refractivity contribution is 5.86. The first-order valence-corrected chi connectivity index (χ1v) is 10.6. The summed E-state index contributed by atoms with van der Waals surface area (Å²) < 4.78 is 1.61. The van der Waals surface area contributed by atoms with E-state index in [-0.39, 0.29) is 11.9 Å². The summed E-state index contributed by atoms with van der Waals surface area (Å²) in [5.74, 6) is 0.476. The molecule has 3 heterocycles. The molecule has 0 radical (unpaired) electrons. The molecule has 1 atom stereocenters. The second kappa shape index (κ2) is 7.81. The zero-order chi connectivity index (χ0) is 23.3. The number of aromatic nitrogens is 2. The van der Waals surface area contributed by atoms with Crippen molar-refractivity contribution in [2.24, 2.45) is 5.41 Å². The number of hydrogen-bond acceptors (Lipinski definition) is 5. The minimum Gasteiger partial charge on any atom is -0.465 e. The molecule has 1 saturated heterocycles. The van der Waals surface area contributed by atoms with Gasteiger partial charge in [0.1, 0.15) is 11.9 Å². The number of fused-ring (bicyclic) bond motifs is 1. The average molecular weight is 435 g/mol. The molecule has 1 aromatic rings. The molecule has 0 aliphatic carbocycles. The van der Waals surface area contributed by atoms with Crippen LogP contribution in [0.1, 0.15) is 53.1 Å². The van der Waals surface area contributed by atoms with Crippen LogP contribution in [-0.2, 0) is 11.3 Å². The van der Waals surface area contributed by atoms with E-state index in [0.29, 0.717) is 38.5 Å². The molecule has 0 saturated carbocycles. The van der Waals surface area contributed by atoms with E-state index in [4.69, 9.17) is 0 Å². The summed E-state index contributed by atoms with van der Waals surface area (Å²) in [5.41, 5.74) is -0.433. The lowest BCUT2D eigenvalue weighted by atomic mass is 9.82. The maximum Gasteiger partial charge on any atom is 0.408 e. The van der Waals surface area contributed by atoms with E-state index in [9.17, 15) is 19.5 Å². The van der Waals surface area contributed by atoms with Crippen molar-refractivity contribution in [1.29, 1.82) is 0 Å². The van der Waals surface area contributed by atoms with E-state index in [0.717, 1.165) is 5.69 Å². The summed E-state index contributed by atoms with van der Waals surface area (Å²) in [6.07, 6.45) is 0.612. The molecular weight excluding hydrogens is 400 g/mol. The van der Waals surface area contributed by atoms with Crippen LogP contribution in [0.25, 0.3) is 0 Å². The number of hydrazine groups is 1. The van der Waals surface area contributed by atoms with E-state index < -0.39 is 23.1 Å². The fourth-order valence-electron chi connectivity index (χ4n) is 4.40. The number of nitrogens with zero attached hydrogens (tertiary/aromatic N) is 6. The number of imidazole rings is 1. The number of hydrogen-bond donors (Lipinski definition) is 1. The number of piperazine rings is 1. The standard InChI is InChI=1S/C21H34N6O4/c1-14-22-12-15-13-25(18(29)26(14)15)24-10-8-23(9-11-24)17(28)16(20(2,3)4)27(19(30)31)21(5,6)7/h12,16H,8-11,13H2,1-7H3,(H,30,31)/t16-/m0/s1. The number of carbonyl (C=O) groups excluding carboxylic acids is 2. The molecule has 2 aliphatic heterocycles. The largest absolute Gasteiger partial charge is 0.465 e. The Morgan fingerprint density at radius 2 is 1.68 bits per heavy atom. The Kier molecular flexibility index (Phi) is 5.81. The van der Waals surface area contributed by atoms with Gasteiger partial charge in [0.25, 0.3) is 0 Å². The van der Waals surface area contributed by atoms with Crippen molar-refractivity contribution in [3.63, 3.8) is 0 Å². The van der Waals surface area contributed by atoms with E-state index in [1.165, 1.54) is 4.90 Å². The van der Waals surface area contributed by atoms with Crippen molar-refractivity contribution >= 4 is 18.0 Å². The number of carboxylic acid groups (broad SMARTS) is 1. The summed E-state index contributed by atoms with van der Waals surface area (Å²) in [7, 11) is 0. The molecule has 0 bridgehead atoms. The van der Waals surface area contributed by atoms with E-state index in [1.807, 2.05) is 25.8 Å². The van der Waals surface area contributed by atoms with Crippen molar-refractivity contribution < 1.29 is 19.5 Å². The van der Waals surface area contributed by atoms with Crippen molar-refractivity contribution in [2.75, 3.05) is 26.2 Å². The Morgan fingerprint density at radius 3 is 2.13 bits per heavy atom. The third-order valence-corrected chi connectivity index (χ3v) is 5.89. The van der Waals surface area contributed by atoms with Crippen LogP contribution in [0.3, 0.4) is 0 Å². The first kappa shape index (κ1) is 23.1. The predicted octanol–water partition coefficient (Wildman–Crippen LogP) is 2.23. The molecule has 31 heavy (non-hydrogen) atoms. The van der Waals surface area contributed by atoms with Gasteiger partial charge in [0.05, 0.1) is 18.4 Å². The van der Waals surface area contributed by atoms with Crippen LogP contribution in [-0.4, -0.2) is 90.3 Å².